The van der Waals surface area contributed by atoms with Gasteiger partial charge in [0.15, 0.2) is 5.69 Å². The van der Waals surface area contributed by atoms with Crippen molar-refractivity contribution in [3.8, 4) is 0 Å². The zero-order chi connectivity index (χ0) is 13.9. The number of aryl methyl sites for hydroxylation is 1. The SMILES string of the molecule is Cn1nc(C(=O)NCc2cccnc2)c2c1CCNC2. The first-order chi connectivity index (χ1) is 9.75. The van der Waals surface area contributed by atoms with Crippen molar-refractivity contribution >= 4 is 5.91 Å². The monoisotopic (exact) mass is 271 g/mol. The van der Waals surface area contributed by atoms with Crippen LogP contribution in [0.4, 0.5) is 0 Å². The number of hydrogen-bond donors (Lipinski definition) is 2. The molecule has 0 saturated carbocycles. The summed E-state index contributed by atoms with van der Waals surface area (Å²) in [6, 6.07) is 3.79. The van der Waals surface area contributed by atoms with Gasteiger partial charge >= 0.3 is 0 Å². The Hall–Kier alpha value is -2.21. The number of aromatic nitrogens is 3. The van der Waals surface area contributed by atoms with Crippen LogP contribution >= 0.6 is 0 Å². The zero-order valence-corrected chi connectivity index (χ0v) is 11.4. The van der Waals surface area contributed by atoms with Gasteiger partial charge in [0.2, 0.25) is 0 Å². The molecule has 0 aromatic carbocycles. The molecule has 3 heterocycles. The molecule has 20 heavy (non-hydrogen) atoms. The van der Waals surface area contributed by atoms with Gasteiger partial charge in [-0.3, -0.25) is 14.5 Å². The fourth-order valence-electron chi connectivity index (χ4n) is 2.47. The van der Waals surface area contributed by atoms with Crippen LogP contribution in [0.1, 0.15) is 27.3 Å². The first-order valence-corrected chi connectivity index (χ1v) is 6.68. The summed E-state index contributed by atoms with van der Waals surface area (Å²) in [4.78, 5) is 16.3. The lowest BCUT2D eigenvalue weighted by Gasteiger charge is -2.14. The van der Waals surface area contributed by atoms with Crippen LogP contribution in [0.2, 0.25) is 0 Å². The minimum absolute atomic E-state index is 0.130. The van der Waals surface area contributed by atoms with E-state index in [2.05, 4.69) is 20.7 Å². The van der Waals surface area contributed by atoms with Gasteiger partial charge in [0, 0.05) is 56.8 Å². The summed E-state index contributed by atoms with van der Waals surface area (Å²) in [5, 5.41) is 10.5. The van der Waals surface area contributed by atoms with Crippen LogP contribution in [0.15, 0.2) is 24.5 Å². The minimum atomic E-state index is -0.130. The van der Waals surface area contributed by atoms with Crippen molar-refractivity contribution in [2.24, 2.45) is 7.05 Å². The van der Waals surface area contributed by atoms with Crippen molar-refractivity contribution in [3.63, 3.8) is 0 Å². The van der Waals surface area contributed by atoms with Gasteiger partial charge in [-0.2, -0.15) is 5.10 Å². The van der Waals surface area contributed by atoms with Crippen LogP contribution in [0.5, 0.6) is 0 Å². The van der Waals surface area contributed by atoms with Gasteiger partial charge in [-0.25, -0.2) is 0 Å². The molecule has 104 valence electrons. The predicted octanol–water partition coefficient (Wildman–Crippen LogP) is 0.391. The second-order valence-electron chi connectivity index (χ2n) is 4.87. The Morgan fingerprint density at radius 1 is 1.55 bits per heavy atom. The van der Waals surface area contributed by atoms with Gasteiger partial charge in [0.1, 0.15) is 0 Å². The quantitative estimate of drug-likeness (QED) is 0.847. The number of pyridine rings is 1. The first-order valence-electron chi connectivity index (χ1n) is 6.68. The molecule has 2 aromatic heterocycles. The number of carbonyl (C=O) groups is 1. The van der Waals surface area contributed by atoms with Gasteiger partial charge in [-0.15, -0.1) is 0 Å². The number of carbonyl (C=O) groups excluding carboxylic acids is 1. The molecule has 0 aliphatic carbocycles. The molecule has 2 N–H and O–H groups in total. The van der Waals surface area contributed by atoms with Crippen LogP contribution < -0.4 is 10.6 Å². The summed E-state index contributed by atoms with van der Waals surface area (Å²) in [6.07, 6.45) is 4.37. The normalized spacial score (nSPS) is 13.8. The minimum Gasteiger partial charge on any atom is -0.346 e. The Kier molecular flexibility index (Phi) is 3.47. The maximum atomic E-state index is 12.3. The highest BCUT2D eigenvalue weighted by atomic mass is 16.1. The molecule has 1 aliphatic heterocycles. The predicted molar refractivity (Wildman–Crippen MR) is 74.0 cm³/mol. The highest BCUT2D eigenvalue weighted by molar-refractivity contribution is 5.94. The summed E-state index contributed by atoms with van der Waals surface area (Å²) in [6.45, 7) is 2.10. The molecule has 1 aliphatic rings. The van der Waals surface area contributed by atoms with Crippen LogP contribution in [0, 0.1) is 0 Å². The van der Waals surface area contributed by atoms with E-state index in [4.69, 9.17) is 0 Å². The van der Waals surface area contributed by atoms with Crippen molar-refractivity contribution in [1.29, 1.82) is 0 Å². The summed E-state index contributed by atoms with van der Waals surface area (Å²) in [7, 11) is 1.89. The summed E-state index contributed by atoms with van der Waals surface area (Å²) in [5.41, 5.74) is 3.67. The Bertz CT molecular complexity index is 620. The second kappa shape index (κ2) is 5.42. The van der Waals surface area contributed by atoms with E-state index < -0.39 is 0 Å². The van der Waals surface area contributed by atoms with Crippen LogP contribution in [0.3, 0.4) is 0 Å². The van der Waals surface area contributed by atoms with E-state index in [-0.39, 0.29) is 5.91 Å². The number of fused-ring (bicyclic) bond motifs is 1. The summed E-state index contributed by atoms with van der Waals surface area (Å²) < 4.78 is 1.81. The largest absolute Gasteiger partial charge is 0.346 e. The molecule has 1 amide bonds. The topological polar surface area (TPSA) is 71.8 Å². The van der Waals surface area contributed by atoms with Gasteiger partial charge in [0.05, 0.1) is 0 Å². The highest BCUT2D eigenvalue weighted by Crippen LogP contribution is 2.17. The van der Waals surface area contributed by atoms with E-state index in [0.29, 0.717) is 18.8 Å². The number of nitrogens with one attached hydrogen (secondary N) is 2. The van der Waals surface area contributed by atoms with Gasteiger partial charge in [-0.1, -0.05) is 6.07 Å². The van der Waals surface area contributed by atoms with Crippen LogP contribution in [-0.2, 0) is 26.6 Å². The smallest absolute Gasteiger partial charge is 0.272 e. The molecule has 0 bridgehead atoms. The number of hydrogen-bond acceptors (Lipinski definition) is 4. The highest BCUT2D eigenvalue weighted by Gasteiger charge is 2.23. The number of amides is 1. The molecule has 6 heteroatoms. The van der Waals surface area contributed by atoms with Crippen LogP contribution in [0.25, 0.3) is 0 Å². The summed E-state index contributed by atoms with van der Waals surface area (Å²) >= 11 is 0. The number of rotatable bonds is 3. The van der Waals surface area contributed by atoms with E-state index >= 15 is 0 Å². The van der Waals surface area contributed by atoms with E-state index in [1.165, 1.54) is 0 Å². The molecule has 0 atom stereocenters. The molecule has 2 aromatic rings. The van der Waals surface area contributed by atoms with Crippen molar-refractivity contribution in [1.82, 2.24) is 25.4 Å². The molecule has 3 rings (SSSR count). The zero-order valence-electron chi connectivity index (χ0n) is 11.4. The lowest BCUT2D eigenvalue weighted by Crippen LogP contribution is -2.28. The lowest BCUT2D eigenvalue weighted by atomic mass is 10.1. The van der Waals surface area contributed by atoms with E-state index in [9.17, 15) is 4.79 Å². The average Bonchev–Trinajstić information content (AvgIpc) is 2.84. The first kappa shape index (κ1) is 12.8. The van der Waals surface area contributed by atoms with Crippen LogP contribution in [-0.4, -0.2) is 27.2 Å². The Morgan fingerprint density at radius 2 is 2.45 bits per heavy atom. The van der Waals surface area contributed by atoms with Crippen molar-refractivity contribution < 1.29 is 4.79 Å². The maximum absolute atomic E-state index is 12.3. The summed E-state index contributed by atoms with van der Waals surface area (Å²) in [5.74, 6) is -0.130. The van der Waals surface area contributed by atoms with E-state index in [1.807, 2.05) is 23.9 Å². The fourth-order valence-corrected chi connectivity index (χ4v) is 2.47. The third kappa shape index (κ3) is 2.42. The van der Waals surface area contributed by atoms with Crippen molar-refractivity contribution in [2.75, 3.05) is 6.54 Å². The Labute approximate surface area is 117 Å². The van der Waals surface area contributed by atoms with Gasteiger partial charge < -0.3 is 10.6 Å². The fraction of sp³-hybridized carbons (Fsp3) is 0.357. The molecular formula is C14H17N5O. The lowest BCUT2D eigenvalue weighted by molar-refractivity contribution is 0.0944. The van der Waals surface area contributed by atoms with Gasteiger partial charge in [-0.05, 0) is 11.6 Å². The van der Waals surface area contributed by atoms with Crippen molar-refractivity contribution in [2.45, 2.75) is 19.5 Å². The molecule has 6 nitrogen and oxygen atoms in total. The van der Waals surface area contributed by atoms with Gasteiger partial charge in [0.25, 0.3) is 5.91 Å². The van der Waals surface area contributed by atoms with E-state index in [0.717, 1.165) is 29.8 Å². The average molecular weight is 271 g/mol. The molecule has 0 fully saturated rings. The Morgan fingerprint density at radius 3 is 3.25 bits per heavy atom. The number of nitrogens with zero attached hydrogens (tertiary/aromatic N) is 3. The molecule has 0 unspecified atom stereocenters. The standard InChI is InChI=1S/C14H17N5O/c1-19-12-4-6-16-9-11(12)13(18-19)14(20)17-8-10-3-2-5-15-7-10/h2-3,5,7,16H,4,6,8-9H2,1H3,(H,17,20). The van der Waals surface area contributed by atoms with Crippen molar-refractivity contribution in [3.05, 3.63) is 47.0 Å². The molecular weight excluding hydrogens is 254 g/mol. The third-order valence-corrected chi connectivity index (χ3v) is 3.51. The Balaban J connectivity index is 1.74. The second-order valence-corrected chi connectivity index (χ2v) is 4.87. The van der Waals surface area contributed by atoms with E-state index in [1.54, 1.807) is 12.4 Å². The maximum Gasteiger partial charge on any atom is 0.272 e. The molecule has 0 radical (unpaired) electrons. The third-order valence-electron chi connectivity index (χ3n) is 3.51. The molecule has 0 saturated heterocycles. The molecule has 0 spiro atoms.